The van der Waals surface area contributed by atoms with E-state index in [1.807, 2.05) is 18.2 Å². The molecule has 2 nitrogen and oxygen atoms in total. The van der Waals surface area contributed by atoms with Gasteiger partial charge in [0.15, 0.2) is 0 Å². The average Bonchev–Trinajstić information content (AvgIpc) is 2.52. The van der Waals surface area contributed by atoms with Crippen molar-refractivity contribution in [3.05, 3.63) is 65.0 Å². The summed E-state index contributed by atoms with van der Waals surface area (Å²) in [5, 5.41) is 8.82. The molecule has 0 radical (unpaired) electrons. The molecule has 1 unspecified atom stereocenters. The predicted molar refractivity (Wildman–Crippen MR) is 80.6 cm³/mol. The van der Waals surface area contributed by atoms with Crippen LogP contribution in [0.1, 0.15) is 42.9 Å². The maximum absolute atomic E-state index is 13.3. The lowest BCUT2D eigenvalue weighted by Gasteiger charge is -2.11. The number of ether oxygens (including phenoxy) is 1. The van der Waals surface area contributed by atoms with Crippen LogP contribution in [-0.4, -0.2) is 0 Å². The van der Waals surface area contributed by atoms with Crippen LogP contribution in [0.2, 0.25) is 0 Å². The van der Waals surface area contributed by atoms with Gasteiger partial charge in [-0.25, -0.2) is 4.39 Å². The first-order chi connectivity index (χ1) is 10.1. The van der Waals surface area contributed by atoms with Crippen molar-refractivity contribution in [1.29, 1.82) is 5.26 Å². The number of hydrogen-bond acceptors (Lipinski definition) is 2. The summed E-state index contributed by atoms with van der Waals surface area (Å²) in [6.07, 6.45) is 1.10. The molecule has 0 heterocycles. The van der Waals surface area contributed by atoms with Crippen molar-refractivity contribution >= 4 is 0 Å². The highest BCUT2D eigenvalue weighted by atomic mass is 19.1. The fourth-order valence-corrected chi connectivity index (χ4v) is 2.09. The number of benzene rings is 2. The molecule has 3 heteroatoms. The summed E-state index contributed by atoms with van der Waals surface area (Å²) < 4.78 is 19.0. The lowest BCUT2D eigenvalue weighted by Crippen LogP contribution is -1.98. The summed E-state index contributed by atoms with van der Waals surface area (Å²) in [7, 11) is 0. The quantitative estimate of drug-likeness (QED) is 0.790. The molecule has 0 N–H and O–H groups in total. The first-order valence-corrected chi connectivity index (χ1v) is 7.04. The third kappa shape index (κ3) is 4.06. The molecule has 21 heavy (non-hydrogen) atoms. The van der Waals surface area contributed by atoms with E-state index in [0.717, 1.165) is 12.2 Å². The van der Waals surface area contributed by atoms with Gasteiger partial charge in [-0.2, -0.15) is 5.26 Å². The zero-order chi connectivity index (χ0) is 15.2. The summed E-state index contributed by atoms with van der Waals surface area (Å²) >= 11 is 0. The first-order valence-electron chi connectivity index (χ1n) is 7.04. The molecule has 2 rings (SSSR count). The van der Waals surface area contributed by atoms with Crippen molar-refractivity contribution in [2.75, 3.05) is 0 Å². The Hall–Kier alpha value is -2.34. The van der Waals surface area contributed by atoms with Crippen molar-refractivity contribution in [3.63, 3.8) is 0 Å². The van der Waals surface area contributed by atoms with Gasteiger partial charge in [0.25, 0.3) is 0 Å². The van der Waals surface area contributed by atoms with Crippen molar-refractivity contribution in [2.24, 2.45) is 0 Å². The lowest BCUT2D eigenvalue weighted by atomic mass is 9.99. The van der Waals surface area contributed by atoms with Crippen LogP contribution < -0.4 is 4.74 Å². The van der Waals surface area contributed by atoms with E-state index in [1.54, 1.807) is 6.07 Å². The van der Waals surface area contributed by atoms with E-state index in [0.29, 0.717) is 17.0 Å². The van der Waals surface area contributed by atoms with Gasteiger partial charge in [0.05, 0.1) is 11.6 Å². The monoisotopic (exact) mass is 283 g/mol. The molecule has 0 fully saturated rings. The van der Waals surface area contributed by atoms with Crippen molar-refractivity contribution < 1.29 is 9.13 Å². The zero-order valence-electron chi connectivity index (χ0n) is 12.3. The van der Waals surface area contributed by atoms with Gasteiger partial charge >= 0.3 is 0 Å². The molecule has 2 aromatic carbocycles. The zero-order valence-corrected chi connectivity index (χ0v) is 12.3. The van der Waals surface area contributed by atoms with Crippen LogP contribution >= 0.6 is 0 Å². The molecule has 0 aliphatic carbocycles. The number of halogens is 1. The smallest absolute Gasteiger partial charge is 0.124 e. The summed E-state index contributed by atoms with van der Waals surface area (Å²) in [6.45, 7) is 4.59. The summed E-state index contributed by atoms with van der Waals surface area (Å²) in [5.74, 6) is 0.852. The third-order valence-corrected chi connectivity index (χ3v) is 3.55. The van der Waals surface area contributed by atoms with Crippen LogP contribution in [-0.2, 0) is 6.61 Å². The van der Waals surface area contributed by atoms with Gasteiger partial charge in [-0.15, -0.1) is 0 Å². The molecule has 1 atom stereocenters. The van der Waals surface area contributed by atoms with Gasteiger partial charge < -0.3 is 4.74 Å². The molecule has 0 bridgehead atoms. The second kappa shape index (κ2) is 6.90. The van der Waals surface area contributed by atoms with Crippen molar-refractivity contribution in [1.82, 2.24) is 0 Å². The van der Waals surface area contributed by atoms with Gasteiger partial charge in [-0.1, -0.05) is 26.0 Å². The molecule has 0 aliphatic heterocycles. The fourth-order valence-electron chi connectivity index (χ4n) is 2.09. The Morgan fingerprint density at radius 2 is 1.90 bits per heavy atom. The topological polar surface area (TPSA) is 33.0 Å². The van der Waals surface area contributed by atoms with Crippen molar-refractivity contribution in [2.45, 2.75) is 32.8 Å². The Labute approximate surface area is 124 Å². The van der Waals surface area contributed by atoms with Crippen LogP contribution in [0.5, 0.6) is 5.75 Å². The molecule has 0 amide bonds. The lowest BCUT2D eigenvalue weighted by molar-refractivity contribution is 0.305. The highest BCUT2D eigenvalue weighted by Crippen LogP contribution is 2.22. The van der Waals surface area contributed by atoms with E-state index < -0.39 is 5.82 Å². The Morgan fingerprint density at radius 1 is 1.19 bits per heavy atom. The molecule has 2 aromatic rings. The van der Waals surface area contributed by atoms with Gasteiger partial charge in [0.1, 0.15) is 18.2 Å². The van der Waals surface area contributed by atoms with Gasteiger partial charge in [0, 0.05) is 0 Å². The standard InChI is InChI=1S/C18H18FNO/c1-3-13(2)16-4-6-18(7-5-16)21-12-15-8-14(11-20)9-17(19)10-15/h4-10,13H,3,12H2,1-2H3. The van der Waals surface area contributed by atoms with Crippen LogP contribution in [0.15, 0.2) is 42.5 Å². The van der Waals surface area contributed by atoms with Crippen LogP contribution in [0, 0.1) is 17.1 Å². The SMILES string of the molecule is CCC(C)c1ccc(OCc2cc(F)cc(C#N)c2)cc1. The molecule has 108 valence electrons. The second-order valence-corrected chi connectivity index (χ2v) is 5.13. The first kappa shape index (κ1) is 15.1. The summed E-state index contributed by atoms with van der Waals surface area (Å²) in [4.78, 5) is 0. The number of nitriles is 1. The molecule has 0 saturated carbocycles. The highest BCUT2D eigenvalue weighted by molar-refractivity contribution is 5.34. The minimum atomic E-state index is -0.417. The second-order valence-electron chi connectivity index (χ2n) is 5.13. The Morgan fingerprint density at radius 3 is 2.52 bits per heavy atom. The van der Waals surface area contributed by atoms with Gasteiger partial charge in [-0.05, 0) is 53.8 Å². The summed E-state index contributed by atoms with van der Waals surface area (Å²) in [6, 6.07) is 14.1. The Balaban J connectivity index is 2.03. The van der Waals surface area contributed by atoms with Crippen LogP contribution in [0.3, 0.4) is 0 Å². The number of nitrogens with zero attached hydrogens (tertiary/aromatic N) is 1. The maximum atomic E-state index is 13.3. The Kier molecular flexibility index (Phi) is 4.94. The molecular formula is C18H18FNO. The van der Waals surface area contributed by atoms with Gasteiger partial charge in [0.2, 0.25) is 0 Å². The highest BCUT2D eigenvalue weighted by Gasteiger charge is 2.04. The molecule has 0 saturated heterocycles. The van der Waals surface area contributed by atoms with Crippen molar-refractivity contribution in [3.8, 4) is 11.8 Å². The third-order valence-electron chi connectivity index (χ3n) is 3.55. The molecule has 0 aliphatic rings. The minimum absolute atomic E-state index is 0.245. The Bertz CT molecular complexity index is 643. The predicted octanol–water partition coefficient (Wildman–Crippen LogP) is 4.79. The largest absolute Gasteiger partial charge is 0.489 e. The normalized spacial score (nSPS) is 11.7. The van der Waals surface area contributed by atoms with E-state index in [4.69, 9.17) is 10.00 Å². The van der Waals surface area contributed by atoms with E-state index >= 15 is 0 Å². The summed E-state index contributed by atoms with van der Waals surface area (Å²) in [5.41, 5.74) is 2.24. The van der Waals surface area contributed by atoms with E-state index in [1.165, 1.54) is 17.7 Å². The maximum Gasteiger partial charge on any atom is 0.124 e. The molecule has 0 aromatic heterocycles. The van der Waals surface area contributed by atoms with Crippen LogP contribution in [0.25, 0.3) is 0 Å². The van der Waals surface area contributed by atoms with Gasteiger partial charge in [-0.3, -0.25) is 0 Å². The molecule has 0 spiro atoms. The van der Waals surface area contributed by atoms with E-state index in [-0.39, 0.29) is 6.61 Å². The number of hydrogen-bond donors (Lipinski definition) is 0. The van der Waals surface area contributed by atoms with E-state index in [2.05, 4.69) is 26.0 Å². The minimum Gasteiger partial charge on any atom is -0.489 e. The average molecular weight is 283 g/mol. The number of rotatable bonds is 5. The fraction of sp³-hybridized carbons (Fsp3) is 0.278. The molecular weight excluding hydrogens is 265 g/mol. The van der Waals surface area contributed by atoms with Crippen LogP contribution in [0.4, 0.5) is 4.39 Å². The van der Waals surface area contributed by atoms with E-state index in [9.17, 15) is 4.39 Å².